The normalized spacial score (nSPS) is 10.8. The molecule has 1 amide bonds. The number of hydrogen-bond acceptors (Lipinski definition) is 5. The molecule has 0 spiro atoms. The zero-order valence-corrected chi connectivity index (χ0v) is 18.0. The summed E-state index contributed by atoms with van der Waals surface area (Å²) in [4.78, 5) is 16.6. The van der Waals surface area contributed by atoms with Crippen molar-refractivity contribution in [1.82, 2.24) is 20.0 Å². The highest BCUT2D eigenvalue weighted by atomic mass is 16.1. The fourth-order valence-corrected chi connectivity index (χ4v) is 3.43. The van der Waals surface area contributed by atoms with Crippen LogP contribution in [0.1, 0.15) is 30.2 Å². The molecule has 4 rings (SSSR count). The molecule has 7 nitrogen and oxygen atoms in total. The minimum Gasteiger partial charge on any atom is -0.397 e. The van der Waals surface area contributed by atoms with E-state index in [2.05, 4.69) is 51.8 Å². The smallest absolute Gasteiger partial charge is 0.224 e. The topological polar surface area (TPSA) is 98.7 Å². The third kappa shape index (κ3) is 5.37. The number of nitrogen functional groups attached to an aromatic ring is 1. The Morgan fingerprint density at radius 3 is 2.62 bits per heavy atom. The molecular formula is C25H26N6O. The van der Waals surface area contributed by atoms with E-state index in [1.807, 2.05) is 30.5 Å². The highest BCUT2D eigenvalue weighted by Crippen LogP contribution is 2.27. The predicted octanol–water partition coefficient (Wildman–Crippen LogP) is 4.10. The van der Waals surface area contributed by atoms with Crippen LogP contribution in [-0.2, 0) is 24.2 Å². The summed E-state index contributed by atoms with van der Waals surface area (Å²) >= 11 is 0. The standard InChI is InChI=1S/C25H26N6O/c1-2-18-5-7-19(8-6-18)16-31-17-22(29-30-31)10-12-25(32)28-24-14-20(9-11-23(24)26)21-4-3-13-27-15-21/h3-9,11,13-15,17H,2,10,12,16,26H2,1H3,(H,28,32). The van der Waals surface area contributed by atoms with Crippen molar-refractivity contribution in [3.05, 3.63) is 90.0 Å². The van der Waals surface area contributed by atoms with Crippen molar-refractivity contribution in [1.29, 1.82) is 0 Å². The average Bonchev–Trinajstić information content (AvgIpc) is 3.27. The summed E-state index contributed by atoms with van der Waals surface area (Å²) in [5, 5.41) is 11.3. The molecule has 0 fully saturated rings. The van der Waals surface area contributed by atoms with Crippen molar-refractivity contribution in [2.75, 3.05) is 11.1 Å². The number of hydrogen-bond donors (Lipinski definition) is 2. The third-order valence-corrected chi connectivity index (χ3v) is 5.29. The Bertz CT molecular complexity index is 1180. The highest BCUT2D eigenvalue weighted by Gasteiger charge is 2.10. The van der Waals surface area contributed by atoms with Crippen molar-refractivity contribution in [2.24, 2.45) is 0 Å². The van der Waals surface area contributed by atoms with E-state index in [1.165, 1.54) is 11.1 Å². The largest absolute Gasteiger partial charge is 0.397 e. The number of benzene rings is 2. The van der Waals surface area contributed by atoms with E-state index in [-0.39, 0.29) is 5.91 Å². The summed E-state index contributed by atoms with van der Waals surface area (Å²) < 4.78 is 1.80. The maximum absolute atomic E-state index is 12.5. The van der Waals surface area contributed by atoms with Gasteiger partial charge in [-0.05, 0) is 41.3 Å². The van der Waals surface area contributed by atoms with Crippen LogP contribution in [0, 0.1) is 0 Å². The van der Waals surface area contributed by atoms with Gasteiger partial charge in [0.05, 0.1) is 23.6 Å². The number of anilines is 2. The molecule has 0 unspecified atom stereocenters. The molecule has 0 aliphatic heterocycles. The Kier molecular flexibility index (Phi) is 6.55. The average molecular weight is 427 g/mol. The first-order chi connectivity index (χ1) is 15.6. The van der Waals surface area contributed by atoms with Gasteiger partial charge in [-0.3, -0.25) is 9.78 Å². The summed E-state index contributed by atoms with van der Waals surface area (Å²) in [7, 11) is 0. The molecule has 0 saturated carbocycles. The van der Waals surface area contributed by atoms with Crippen LogP contribution in [-0.4, -0.2) is 25.9 Å². The molecule has 2 heterocycles. The van der Waals surface area contributed by atoms with Crippen LogP contribution in [0.4, 0.5) is 11.4 Å². The highest BCUT2D eigenvalue weighted by molar-refractivity contribution is 5.95. The fraction of sp³-hybridized carbons (Fsp3) is 0.200. The number of nitrogens with one attached hydrogen (secondary N) is 1. The van der Waals surface area contributed by atoms with Crippen LogP contribution in [0.2, 0.25) is 0 Å². The van der Waals surface area contributed by atoms with Gasteiger partial charge in [-0.2, -0.15) is 0 Å². The number of carbonyl (C=O) groups excluding carboxylic acids is 1. The van der Waals surface area contributed by atoms with Gasteiger partial charge in [0.25, 0.3) is 0 Å². The van der Waals surface area contributed by atoms with Gasteiger partial charge in [0.2, 0.25) is 5.91 Å². The molecule has 0 saturated heterocycles. The summed E-state index contributed by atoms with van der Waals surface area (Å²) in [5.74, 6) is -0.121. The van der Waals surface area contributed by atoms with E-state index >= 15 is 0 Å². The van der Waals surface area contributed by atoms with Crippen molar-refractivity contribution >= 4 is 17.3 Å². The Labute approximate surface area is 187 Å². The van der Waals surface area contributed by atoms with Crippen LogP contribution in [0.3, 0.4) is 0 Å². The second kappa shape index (κ2) is 9.87. The lowest BCUT2D eigenvalue weighted by molar-refractivity contribution is -0.116. The lowest BCUT2D eigenvalue weighted by atomic mass is 10.1. The van der Waals surface area contributed by atoms with Crippen LogP contribution >= 0.6 is 0 Å². The lowest BCUT2D eigenvalue weighted by Gasteiger charge is -2.10. The fourth-order valence-electron chi connectivity index (χ4n) is 3.43. The Balaban J connectivity index is 1.33. The number of nitrogens with two attached hydrogens (primary N) is 1. The number of rotatable bonds is 8. The molecule has 0 aliphatic carbocycles. The van der Waals surface area contributed by atoms with Crippen LogP contribution in [0.15, 0.2) is 73.2 Å². The second-order valence-corrected chi connectivity index (χ2v) is 7.67. The number of aromatic nitrogens is 4. The quantitative estimate of drug-likeness (QED) is 0.413. The van der Waals surface area contributed by atoms with Gasteiger partial charge in [-0.25, -0.2) is 4.68 Å². The molecule has 7 heteroatoms. The Morgan fingerprint density at radius 1 is 1.06 bits per heavy atom. The van der Waals surface area contributed by atoms with Gasteiger partial charge in [0, 0.05) is 37.0 Å². The van der Waals surface area contributed by atoms with Gasteiger partial charge in [-0.15, -0.1) is 5.10 Å². The summed E-state index contributed by atoms with van der Waals surface area (Å²) in [6.45, 7) is 2.79. The van der Waals surface area contributed by atoms with E-state index < -0.39 is 0 Å². The molecule has 0 atom stereocenters. The maximum Gasteiger partial charge on any atom is 0.224 e. The first-order valence-electron chi connectivity index (χ1n) is 10.7. The molecule has 2 aromatic heterocycles. The molecule has 2 aromatic carbocycles. The van der Waals surface area contributed by atoms with Gasteiger partial charge in [-0.1, -0.05) is 48.5 Å². The predicted molar refractivity (Wildman–Crippen MR) is 126 cm³/mol. The first-order valence-corrected chi connectivity index (χ1v) is 10.7. The van der Waals surface area contributed by atoms with Crippen LogP contribution < -0.4 is 11.1 Å². The number of aryl methyl sites for hydroxylation is 2. The van der Waals surface area contributed by atoms with Crippen molar-refractivity contribution in [3.8, 4) is 11.1 Å². The monoisotopic (exact) mass is 426 g/mol. The minimum atomic E-state index is -0.121. The molecule has 0 aliphatic rings. The number of amides is 1. The van der Waals surface area contributed by atoms with E-state index in [9.17, 15) is 4.79 Å². The molecule has 0 bridgehead atoms. The zero-order chi connectivity index (χ0) is 22.3. The summed E-state index contributed by atoms with van der Waals surface area (Å²) in [5.41, 5.74) is 12.3. The lowest BCUT2D eigenvalue weighted by Crippen LogP contribution is -2.13. The van der Waals surface area contributed by atoms with Crippen molar-refractivity contribution in [2.45, 2.75) is 32.7 Å². The molecule has 4 aromatic rings. The van der Waals surface area contributed by atoms with Crippen LogP contribution in [0.25, 0.3) is 11.1 Å². The van der Waals surface area contributed by atoms with E-state index in [1.54, 1.807) is 23.1 Å². The second-order valence-electron chi connectivity index (χ2n) is 7.67. The van der Waals surface area contributed by atoms with Gasteiger partial charge >= 0.3 is 0 Å². The SMILES string of the molecule is CCc1ccc(Cn2cc(CCC(=O)Nc3cc(-c4cccnc4)ccc3N)nn2)cc1. The van der Waals surface area contributed by atoms with Crippen molar-refractivity contribution < 1.29 is 4.79 Å². The third-order valence-electron chi connectivity index (χ3n) is 5.29. The number of pyridine rings is 1. The number of carbonyl (C=O) groups is 1. The molecule has 162 valence electrons. The van der Waals surface area contributed by atoms with Crippen molar-refractivity contribution in [3.63, 3.8) is 0 Å². The van der Waals surface area contributed by atoms with E-state index in [0.717, 1.165) is 23.2 Å². The Hall–Kier alpha value is -4.00. The molecule has 32 heavy (non-hydrogen) atoms. The summed E-state index contributed by atoms with van der Waals surface area (Å²) in [6.07, 6.45) is 7.21. The first kappa shape index (κ1) is 21.2. The van der Waals surface area contributed by atoms with Crippen LogP contribution in [0.5, 0.6) is 0 Å². The molecule has 0 radical (unpaired) electrons. The van der Waals surface area contributed by atoms with E-state index in [0.29, 0.717) is 30.8 Å². The zero-order valence-electron chi connectivity index (χ0n) is 18.0. The van der Waals surface area contributed by atoms with Gasteiger partial charge in [0.1, 0.15) is 0 Å². The number of nitrogens with zero attached hydrogens (tertiary/aromatic N) is 4. The minimum absolute atomic E-state index is 0.121. The Morgan fingerprint density at radius 2 is 1.88 bits per heavy atom. The van der Waals surface area contributed by atoms with E-state index in [4.69, 9.17) is 5.73 Å². The van der Waals surface area contributed by atoms with Gasteiger partial charge < -0.3 is 11.1 Å². The summed E-state index contributed by atoms with van der Waals surface area (Å²) in [6, 6.07) is 17.9. The molecule has 3 N–H and O–H groups in total. The van der Waals surface area contributed by atoms with Gasteiger partial charge in [0.15, 0.2) is 0 Å². The maximum atomic E-state index is 12.5. The molecular weight excluding hydrogens is 400 g/mol.